The Morgan fingerprint density at radius 3 is 2.40 bits per heavy atom. The maximum absolute atomic E-state index is 5.15. The van der Waals surface area contributed by atoms with E-state index < -0.39 is 0 Å². The maximum Gasteiger partial charge on any atom is 0.0955 e. The van der Waals surface area contributed by atoms with Crippen LogP contribution in [0.2, 0.25) is 0 Å². The Kier molecular flexibility index (Phi) is 3.55. The third kappa shape index (κ3) is 2.59. The lowest BCUT2D eigenvalue weighted by atomic mass is 10.0. The molecule has 1 N–H and O–H groups in total. The lowest BCUT2D eigenvalue weighted by Gasteiger charge is -2.17. The molecule has 0 aliphatic carbocycles. The molecule has 1 atom stereocenters. The number of nitrogens with one attached hydrogen (secondary N) is 1. The summed E-state index contributed by atoms with van der Waals surface area (Å²) in [4.78, 5) is 0. The van der Waals surface area contributed by atoms with Gasteiger partial charge in [0.2, 0.25) is 0 Å². The molecule has 2 nitrogen and oxygen atoms in total. The summed E-state index contributed by atoms with van der Waals surface area (Å²) in [5.74, 6) is 0. The Labute approximate surface area is 119 Å². The van der Waals surface area contributed by atoms with Gasteiger partial charge in [-0.2, -0.15) is 0 Å². The highest BCUT2D eigenvalue weighted by Gasteiger charge is 2.09. The van der Waals surface area contributed by atoms with Crippen molar-refractivity contribution in [3.63, 3.8) is 0 Å². The average Bonchev–Trinajstić information content (AvgIpc) is 3.03. The van der Waals surface area contributed by atoms with Crippen LogP contribution >= 0.6 is 0 Å². The minimum Gasteiger partial charge on any atom is -0.472 e. The zero-order valence-corrected chi connectivity index (χ0v) is 11.4. The van der Waals surface area contributed by atoms with Gasteiger partial charge in [0.1, 0.15) is 0 Å². The summed E-state index contributed by atoms with van der Waals surface area (Å²) in [7, 11) is 0. The van der Waals surface area contributed by atoms with Gasteiger partial charge in [0, 0.05) is 16.8 Å². The smallest absolute Gasteiger partial charge is 0.0955 e. The molecule has 0 spiro atoms. The maximum atomic E-state index is 5.15. The monoisotopic (exact) mass is 263 g/mol. The number of anilines is 1. The van der Waals surface area contributed by atoms with E-state index in [-0.39, 0.29) is 6.04 Å². The number of furan rings is 1. The van der Waals surface area contributed by atoms with Crippen molar-refractivity contribution in [3.8, 4) is 11.1 Å². The van der Waals surface area contributed by atoms with Crippen molar-refractivity contribution in [1.29, 1.82) is 0 Å². The molecule has 2 aromatic carbocycles. The first-order valence-electron chi connectivity index (χ1n) is 6.77. The van der Waals surface area contributed by atoms with E-state index in [0.29, 0.717) is 0 Å². The van der Waals surface area contributed by atoms with Crippen LogP contribution in [0.3, 0.4) is 0 Å². The van der Waals surface area contributed by atoms with Crippen LogP contribution in [0, 0.1) is 0 Å². The summed E-state index contributed by atoms with van der Waals surface area (Å²) in [5.41, 5.74) is 4.71. The minimum atomic E-state index is 0.207. The van der Waals surface area contributed by atoms with E-state index in [2.05, 4.69) is 60.8 Å². The molecule has 1 aromatic heterocycles. The van der Waals surface area contributed by atoms with Crippen LogP contribution in [0.15, 0.2) is 77.6 Å². The second-order valence-electron chi connectivity index (χ2n) is 4.83. The predicted octanol–water partition coefficient (Wildman–Crippen LogP) is 5.12. The van der Waals surface area contributed by atoms with Crippen LogP contribution < -0.4 is 5.32 Å². The van der Waals surface area contributed by atoms with Gasteiger partial charge in [-0.1, -0.05) is 48.5 Å². The van der Waals surface area contributed by atoms with E-state index in [1.807, 2.05) is 12.1 Å². The van der Waals surface area contributed by atoms with Crippen LogP contribution in [-0.4, -0.2) is 0 Å². The number of hydrogen-bond acceptors (Lipinski definition) is 2. The van der Waals surface area contributed by atoms with Gasteiger partial charge in [0.15, 0.2) is 0 Å². The molecule has 0 radical (unpaired) electrons. The number of rotatable bonds is 4. The molecule has 0 aliphatic heterocycles. The van der Waals surface area contributed by atoms with Crippen LogP contribution in [-0.2, 0) is 0 Å². The third-order valence-corrected chi connectivity index (χ3v) is 3.43. The quantitative estimate of drug-likeness (QED) is 0.706. The van der Waals surface area contributed by atoms with Crippen LogP contribution in [0.4, 0.5) is 5.69 Å². The van der Waals surface area contributed by atoms with Gasteiger partial charge >= 0.3 is 0 Å². The molecule has 1 heterocycles. The average molecular weight is 263 g/mol. The lowest BCUT2D eigenvalue weighted by molar-refractivity contribution is 0.562. The van der Waals surface area contributed by atoms with Gasteiger partial charge in [0.25, 0.3) is 0 Å². The van der Waals surface area contributed by atoms with E-state index in [1.54, 1.807) is 12.5 Å². The summed E-state index contributed by atoms with van der Waals surface area (Å²) in [6.07, 6.45) is 3.49. The molecule has 0 bridgehead atoms. The number of hydrogen-bond donors (Lipinski definition) is 1. The van der Waals surface area contributed by atoms with Crippen LogP contribution in [0.1, 0.15) is 18.5 Å². The van der Waals surface area contributed by atoms with Gasteiger partial charge in [-0.25, -0.2) is 0 Å². The summed E-state index contributed by atoms with van der Waals surface area (Å²) in [5, 5.41) is 3.55. The van der Waals surface area contributed by atoms with E-state index in [0.717, 1.165) is 11.3 Å². The van der Waals surface area contributed by atoms with Crippen molar-refractivity contribution < 1.29 is 4.42 Å². The fraction of sp³-hybridized carbons (Fsp3) is 0.111. The Hall–Kier alpha value is -2.48. The van der Waals surface area contributed by atoms with Crippen molar-refractivity contribution in [2.24, 2.45) is 0 Å². The fourth-order valence-electron chi connectivity index (χ4n) is 2.32. The third-order valence-electron chi connectivity index (χ3n) is 3.43. The van der Waals surface area contributed by atoms with Gasteiger partial charge in [-0.05, 0) is 24.6 Å². The van der Waals surface area contributed by atoms with Crippen molar-refractivity contribution in [1.82, 2.24) is 0 Å². The fourth-order valence-corrected chi connectivity index (χ4v) is 2.32. The van der Waals surface area contributed by atoms with Crippen molar-refractivity contribution in [2.45, 2.75) is 13.0 Å². The zero-order chi connectivity index (χ0) is 13.8. The van der Waals surface area contributed by atoms with Gasteiger partial charge in [0.05, 0.1) is 18.6 Å². The standard InChI is InChI=1S/C18H17NO/c1-14(16-11-12-20-13-16)19-18-10-6-5-9-17(18)15-7-3-2-4-8-15/h2-14,19H,1H3. The molecule has 2 heteroatoms. The van der Waals surface area contributed by atoms with Crippen molar-refractivity contribution >= 4 is 5.69 Å². The lowest BCUT2D eigenvalue weighted by Crippen LogP contribution is -2.06. The summed E-state index contributed by atoms with van der Waals surface area (Å²) < 4.78 is 5.15. The van der Waals surface area contributed by atoms with Gasteiger partial charge < -0.3 is 9.73 Å². The number of para-hydroxylation sites is 1. The first kappa shape index (κ1) is 12.5. The largest absolute Gasteiger partial charge is 0.472 e. The van der Waals surface area contributed by atoms with E-state index in [4.69, 9.17) is 4.42 Å². The van der Waals surface area contributed by atoms with Gasteiger partial charge in [-0.15, -0.1) is 0 Å². The normalized spacial score (nSPS) is 12.1. The first-order chi connectivity index (χ1) is 9.84. The van der Waals surface area contributed by atoms with Gasteiger partial charge in [-0.3, -0.25) is 0 Å². The molecule has 0 saturated carbocycles. The zero-order valence-electron chi connectivity index (χ0n) is 11.4. The SMILES string of the molecule is CC(Nc1ccccc1-c1ccccc1)c1ccoc1. The Balaban J connectivity index is 1.91. The predicted molar refractivity (Wildman–Crippen MR) is 82.6 cm³/mol. The molecule has 3 rings (SSSR count). The van der Waals surface area contributed by atoms with Crippen LogP contribution in [0.25, 0.3) is 11.1 Å². The molecule has 1 unspecified atom stereocenters. The molecule has 20 heavy (non-hydrogen) atoms. The summed E-state index contributed by atoms with van der Waals surface area (Å²) in [6.45, 7) is 2.13. The second kappa shape index (κ2) is 5.66. The van der Waals surface area contributed by atoms with E-state index in [1.165, 1.54) is 11.1 Å². The molecule has 0 fully saturated rings. The minimum absolute atomic E-state index is 0.207. The highest BCUT2D eigenvalue weighted by molar-refractivity contribution is 5.78. The highest BCUT2D eigenvalue weighted by Crippen LogP contribution is 2.30. The number of benzene rings is 2. The first-order valence-corrected chi connectivity index (χ1v) is 6.77. The highest BCUT2D eigenvalue weighted by atomic mass is 16.3. The molecule has 0 aliphatic rings. The second-order valence-corrected chi connectivity index (χ2v) is 4.83. The summed E-state index contributed by atoms with van der Waals surface area (Å²) in [6, 6.07) is 21.0. The van der Waals surface area contributed by atoms with Crippen molar-refractivity contribution in [3.05, 3.63) is 78.8 Å². The van der Waals surface area contributed by atoms with Crippen LogP contribution in [0.5, 0.6) is 0 Å². The van der Waals surface area contributed by atoms with E-state index in [9.17, 15) is 0 Å². The van der Waals surface area contributed by atoms with Crippen molar-refractivity contribution in [2.75, 3.05) is 5.32 Å². The Morgan fingerprint density at radius 1 is 0.900 bits per heavy atom. The molecule has 3 aromatic rings. The Bertz CT molecular complexity index is 659. The molecule has 0 saturated heterocycles. The molecule has 0 amide bonds. The Morgan fingerprint density at radius 2 is 1.65 bits per heavy atom. The molecular weight excluding hydrogens is 246 g/mol. The van der Waals surface area contributed by atoms with E-state index >= 15 is 0 Å². The topological polar surface area (TPSA) is 25.2 Å². The molecule has 100 valence electrons. The summed E-state index contributed by atoms with van der Waals surface area (Å²) >= 11 is 0. The molecular formula is C18H17NO.